The maximum Gasteiger partial charge on any atom is 0.338 e. The first-order valence-corrected chi connectivity index (χ1v) is 12.3. The minimum atomic E-state index is -0.742. The van der Waals surface area contributed by atoms with Crippen LogP contribution < -0.4 is 20.7 Å². The molecule has 9 nitrogen and oxygen atoms in total. The van der Waals surface area contributed by atoms with Crippen LogP contribution in [0, 0.1) is 0 Å². The fourth-order valence-electron chi connectivity index (χ4n) is 3.64. The first-order chi connectivity index (χ1) is 17.7. The highest BCUT2D eigenvalue weighted by Gasteiger charge is 2.40. The molecule has 1 saturated heterocycles. The standard InChI is InChI=1S/C26H22ClN3O6S/c1-35-21-10-7-16(27)11-20(21)29-23(31)14-36-26(34)15-5-8-18(9-6-15)30-24(32)13-22(25(30)33)37-19-4-2-3-17(28)12-19/h2-12,22H,13-14,28H2,1H3,(H,29,31). The van der Waals surface area contributed by atoms with Gasteiger partial charge in [-0.15, -0.1) is 11.8 Å². The van der Waals surface area contributed by atoms with Crippen molar-refractivity contribution in [3.05, 3.63) is 77.3 Å². The summed E-state index contributed by atoms with van der Waals surface area (Å²) in [4.78, 5) is 52.0. The summed E-state index contributed by atoms with van der Waals surface area (Å²) in [5.74, 6) is -1.61. The smallest absolute Gasteiger partial charge is 0.338 e. The SMILES string of the molecule is COc1ccc(Cl)cc1NC(=O)COC(=O)c1ccc(N2C(=O)CC(Sc3cccc(N)c3)C2=O)cc1. The van der Waals surface area contributed by atoms with Crippen LogP contribution in [-0.4, -0.2) is 42.7 Å². The van der Waals surface area contributed by atoms with E-state index in [1.165, 1.54) is 49.2 Å². The monoisotopic (exact) mass is 539 g/mol. The quantitative estimate of drug-likeness (QED) is 0.248. The predicted molar refractivity (Wildman–Crippen MR) is 141 cm³/mol. The Labute approximate surface area is 221 Å². The van der Waals surface area contributed by atoms with E-state index in [-0.39, 0.29) is 23.8 Å². The number of anilines is 3. The molecule has 0 radical (unpaired) electrons. The van der Waals surface area contributed by atoms with Gasteiger partial charge in [-0.25, -0.2) is 9.69 Å². The molecule has 3 aromatic carbocycles. The summed E-state index contributed by atoms with van der Waals surface area (Å²) in [5.41, 5.74) is 7.20. The number of rotatable bonds is 8. The van der Waals surface area contributed by atoms with Crippen LogP contribution in [-0.2, 0) is 19.1 Å². The van der Waals surface area contributed by atoms with Gasteiger partial charge in [0.15, 0.2) is 6.61 Å². The maximum absolute atomic E-state index is 12.9. The number of nitrogens with two attached hydrogens (primary N) is 1. The van der Waals surface area contributed by atoms with Gasteiger partial charge in [0.05, 0.1) is 29.3 Å². The van der Waals surface area contributed by atoms with Crippen molar-refractivity contribution >= 4 is 64.1 Å². The van der Waals surface area contributed by atoms with Crippen molar-refractivity contribution in [2.45, 2.75) is 16.6 Å². The lowest BCUT2D eigenvalue weighted by molar-refractivity contribution is -0.121. The molecule has 37 heavy (non-hydrogen) atoms. The second-order valence-corrected chi connectivity index (χ2v) is 9.68. The first-order valence-electron chi connectivity index (χ1n) is 11.0. The van der Waals surface area contributed by atoms with Crippen molar-refractivity contribution in [3.8, 4) is 5.75 Å². The molecular weight excluding hydrogens is 518 g/mol. The van der Waals surface area contributed by atoms with E-state index >= 15 is 0 Å². The Morgan fingerprint density at radius 3 is 2.57 bits per heavy atom. The minimum Gasteiger partial charge on any atom is -0.495 e. The molecule has 0 saturated carbocycles. The molecule has 1 unspecified atom stereocenters. The van der Waals surface area contributed by atoms with Crippen molar-refractivity contribution < 1.29 is 28.7 Å². The fourth-order valence-corrected chi connectivity index (χ4v) is 4.94. The number of benzene rings is 3. The number of thioether (sulfide) groups is 1. The third kappa shape index (κ3) is 6.22. The number of nitrogens with zero attached hydrogens (tertiary/aromatic N) is 1. The molecule has 3 amide bonds. The fraction of sp³-hybridized carbons (Fsp3) is 0.154. The maximum atomic E-state index is 12.9. The van der Waals surface area contributed by atoms with E-state index in [0.717, 1.165) is 9.80 Å². The van der Waals surface area contributed by atoms with Gasteiger partial charge in [0.25, 0.3) is 5.91 Å². The topological polar surface area (TPSA) is 128 Å². The molecule has 1 aliphatic rings. The zero-order chi connectivity index (χ0) is 26.5. The third-order valence-electron chi connectivity index (χ3n) is 5.37. The van der Waals surface area contributed by atoms with E-state index < -0.39 is 23.7 Å². The number of methoxy groups -OCH3 is 1. The lowest BCUT2D eigenvalue weighted by atomic mass is 10.2. The van der Waals surface area contributed by atoms with Crippen molar-refractivity contribution in [2.24, 2.45) is 0 Å². The van der Waals surface area contributed by atoms with Crippen LogP contribution in [0.4, 0.5) is 17.1 Å². The van der Waals surface area contributed by atoms with E-state index in [9.17, 15) is 19.2 Å². The third-order valence-corrected chi connectivity index (χ3v) is 6.79. The van der Waals surface area contributed by atoms with Crippen LogP contribution in [0.1, 0.15) is 16.8 Å². The molecule has 0 aromatic heterocycles. The highest BCUT2D eigenvalue weighted by atomic mass is 35.5. The molecule has 0 aliphatic carbocycles. The highest BCUT2D eigenvalue weighted by molar-refractivity contribution is 8.00. The summed E-state index contributed by atoms with van der Waals surface area (Å²) in [7, 11) is 1.45. The second-order valence-electron chi connectivity index (χ2n) is 7.97. The van der Waals surface area contributed by atoms with Gasteiger partial charge < -0.3 is 20.5 Å². The summed E-state index contributed by atoms with van der Waals surface area (Å²) < 4.78 is 10.2. The Bertz CT molecular complexity index is 1360. The Morgan fingerprint density at radius 1 is 1.11 bits per heavy atom. The Balaban J connectivity index is 1.35. The van der Waals surface area contributed by atoms with Gasteiger partial charge >= 0.3 is 5.97 Å². The summed E-state index contributed by atoms with van der Waals surface area (Å²) in [6, 6.07) is 17.6. The van der Waals surface area contributed by atoms with Crippen molar-refractivity contribution in [1.29, 1.82) is 0 Å². The minimum absolute atomic E-state index is 0.0502. The number of ether oxygens (including phenoxy) is 2. The number of carbonyl (C=O) groups excluding carboxylic acids is 4. The van der Waals surface area contributed by atoms with Gasteiger partial charge in [0.1, 0.15) is 5.75 Å². The Kier molecular flexibility index (Phi) is 8.00. The van der Waals surface area contributed by atoms with Crippen molar-refractivity contribution in [3.63, 3.8) is 0 Å². The van der Waals surface area contributed by atoms with Gasteiger partial charge in [-0.3, -0.25) is 14.4 Å². The van der Waals surface area contributed by atoms with Gasteiger partial charge in [-0.05, 0) is 60.7 Å². The van der Waals surface area contributed by atoms with E-state index in [1.54, 1.807) is 30.3 Å². The molecule has 0 spiro atoms. The van der Waals surface area contributed by atoms with Crippen molar-refractivity contribution in [1.82, 2.24) is 0 Å². The zero-order valence-corrected chi connectivity index (χ0v) is 21.2. The van der Waals surface area contributed by atoms with E-state index in [0.29, 0.717) is 27.8 Å². The number of hydrogen-bond acceptors (Lipinski definition) is 8. The molecule has 190 valence electrons. The van der Waals surface area contributed by atoms with E-state index in [4.69, 9.17) is 26.8 Å². The van der Waals surface area contributed by atoms with Gasteiger partial charge in [-0.2, -0.15) is 0 Å². The van der Waals surface area contributed by atoms with Gasteiger partial charge in [-0.1, -0.05) is 17.7 Å². The number of halogens is 1. The molecule has 0 bridgehead atoms. The number of hydrogen-bond donors (Lipinski definition) is 2. The molecule has 4 rings (SSSR count). The lowest BCUT2D eigenvalue weighted by Gasteiger charge is -2.15. The molecular formula is C26H22ClN3O6S. The molecule has 3 N–H and O–H groups in total. The summed E-state index contributed by atoms with van der Waals surface area (Å²) in [5, 5.41) is 2.40. The lowest BCUT2D eigenvalue weighted by Crippen LogP contribution is -2.31. The average molecular weight is 540 g/mol. The average Bonchev–Trinajstić information content (AvgIpc) is 3.15. The van der Waals surface area contributed by atoms with Gasteiger partial charge in [0, 0.05) is 22.0 Å². The Hall–Kier alpha value is -4.02. The second kappa shape index (κ2) is 11.4. The summed E-state index contributed by atoms with van der Waals surface area (Å²) in [6.07, 6.45) is 0.0502. The van der Waals surface area contributed by atoms with E-state index in [1.807, 2.05) is 6.07 Å². The zero-order valence-electron chi connectivity index (χ0n) is 19.6. The van der Waals surface area contributed by atoms with E-state index in [2.05, 4.69) is 5.32 Å². The number of esters is 1. The van der Waals surface area contributed by atoms with Crippen LogP contribution in [0.2, 0.25) is 5.02 Å². The molecule has 1 atom stereocenters. The van der Waals surface area contributed by atoms with Crippen LogP contribution in [0.3, 0.4) is 0 Å². The highest BCUT2D eigenvalue weighted by Crippen LogP contribution is 2.34. The predicted octanol–water partition coefficient (Wildman–Crippen LogP) is 4.15. The molecule has 1 heterocycles. The van der Waals surface area contributed by atoms with Crippen LogP contribution in [0.15, 0.2) is 71.6 Å². The summed E-state index contributed by atoms with van der Waals surface area (Å²) >= 11 is 7.23. The number of amides is 3. The molecule has 11 heteroatoms. The number of nitrogen functional groups attached to an aromatic ring is 1. The van der Waals surface area contributed by atoms with Crippen molar-refractivity contribution in [2.75, 3.05) is 29.7 Å². The largest absolute Gasteiger partial charge is 0.495 e. The molecule has 1 fully saturated rings. The molecule has 1 aliphatic heterocycles. The number of carbonyl (C=O) groups is 4. The Morgan fingerprint density at radius 2 is 1.86 bits per heavy atom. The van der Waals surface area contributed by atoms with Crippen LogP contribution >= 0.6 is 23.4 Å². The van der Waals surface area contributed by atoms with Gasteiger partial charge in [0.2, 0.25) is 11.8 Å². The normalized spacial score (nSPS) is 15.0. The first kappa shape index (κ1) is 26.1. The number of nitrogens with one attached hydrogen (secondary N) is 1. The summed E-state index contributed by atoms with van der Waals surface area (Å²) in [6.45, 7) is -0.539. The van der Waals surface area contributed by atoms with Crippen LogP contribution in [0.25, 0.3) is 0 Å². The van der Waals surface area contributed by atoms with Crippen LogP contribution in [0.5, 0.6) is 5.75 Å². The molecule has 3 aromatic rings. The number of imide groups is 1.